The van der Waals surface area contributed by atoms with Crippen LogP contribution >= 0.6 is 11.6 Å². The number of hydrogen-bond donors (Lipinski definition) is 0. The Labute approximate surface area is 65.6 Å². The van der Waals surface area contributed by atoms with Crippen molar-refractivity contribution in [3.8, 4) is 0 Å². The first-order chi connectivity index (χ1) is 4.68. The highest BCUT2D eigenvalue weighted by molar-refractivity contribution is 6.36. The van der Waals surface area contributed by atoms with Gasteiger partial charge >= 0.3 is 0 Å². The van der Waals surface area contributed by atoms with Crippen molar-refractivity contribution in [3.05, 3.63) is 0 Å². The number of carbonyl (C=O) groups is 2. The molecule has 0 radical (unpaired) electrons. The molecule has 0 amide bonds. The van der Waals surface area contributed by atoms with Crippen LogP contribution in [0.25, 0.3) is 0 Å². The number of halogens is 1. The van der Waals surface area contributed by atoms with Gasteiger partial charge in [-0.25, -0.2) is 0 Å². The summed E-state index contributed by atoms with van der Waals surface area (Å²) in [5, 5.41) is 0. The first-order valence-electron chi connectivity index (χ1n) is 3.28. The topological polar surface area (TPSA) is 34.1 Å². The van der Waals surface area contributed by atoms with Crippen molar-refractivity contribution < 1.29 is 9.59 Å². The number of hydrogen-bond acceptors (Lipinski definition) is 2. The van der Waals surface area contributed by atoms with Crippen molar-refractivity contribution in [3.63, 3.8) is 0 Å². The SMILES string of the molecule is CC(=O)C(=O)CCCCCl. The lowest BCUT2D eigenvalue weighted by Gasteiger charge is -1.92. The summed E-state index contributed by atoms with van der Waals surface area (Å²) >= 11 is 5.37. The fraction of sp³-hybridized carbons (Fsp3) is 0.714. The lowest BCUT2D eigenvalue weighted by atomic mass is 10.1. The maximum atomic E-state index is 10.6. The number of alkyl halides is 1. The second-order valence-corrected chi connectivity index (χ2v) is 2.50. The van der Waals surface area contributed by atoms with Gasteiger partial charge in [-0.15, -0.1) is 11.6 Å². The molecule has 0 fully saturated rings. The van der Waals surface area contributed by atoms with Gasteiger partial charge in [0.05, 0.1) is 0 Å². The van der Waals surface area contributed by atoms with Gasteiger partial charge in [-0.1, -0.05) is 0 Å². The van der Waals surface area contributed by atoms with Crippen LogP contribution < -0.4 is 0 Å². The summed E-state index contributed by atoms with van der Waals surface area (Å²) in [6.07, 6.45) is 1.88. The van der Waals surface area contributed by atoms with Crippen LogP contribution in [0.15, 0.2) is 0 Å². The van der Waals surface area contributed by atoms with Crippen LogP contribution in [0, 0.1) is 0 Å². The summed E-state index contributed by atoms with van der Waals surface area (Å²) in [4.78, 5) is 21.0. The third-order valence-corrected chi connectivity index (χ3v) is 1.45. The number of Topliss-reactive ketones (excluding diaryl/α,β-unsaturated/α-hetero) is 2. The van der Waals surface area contributed by atoms with E-state index in [1.54, 1.807) is 0 Å². The van der Waals surface area contributed by atoms with E-state index in [0.717, 1.165) is 12.8 Å². The lowest BCUT2D eigenvalue weighted by molar-refractivity contribution is -0.135. The maximum Gasteiger partial charge on any atom is 0.198 e. The standard InChI is InChI=1S/C7H11ClO2/c1-6(9)7(10)4-2-3-5-8/h2-5H2,1H3. The van der Waals surface area contributed by atoms with Gasteiger partial charge in [0.25, 0.3) is 0 Å². The molecule has 3 heteroatoms. The summed E-state index contributed by atoms with van der Waals surface area (Å²) in [7, 11) is 0. The van der Waals surface area contributed by atoms with E-state index in [4.69, 9.17) is 11.6 Å². The van der Waals surface area contributed by atoms with E-state index in [1.807, 2.05) is 0 Å². The average molecular weight is 163 g/mol. The second-order valence-electron chi connectivity index (χ2n) is 2.13. The minimum absolute atomic E-state index is 0.287. The normalized spacial score (nSPS) is 9.40. The third kappa shape index (κ3) is 4.50. The number of ketones is 2. The third-order valence-electron chi connectivity index (χ3n) is 1.18. The molecule has 0 aromatic heterocycles. The molecule has 2 nitrogen and oxygen atoms in total. The van der Waals surface area contributed by atoms with Crippen molar-refractivity contribution in [2.45, 2.75) is 26.2 Å². The predicted molar refractivity (Wildman–Crippen MR) is 40.3 cm³/mol. The van der Waals surface area contributed by atoms with E-state index in [-0.39, 0.29) is 11.6 Å². The van der Waals surface area contributed by atoms with Crippen LogP contribution in [-0.2, 0) is 9.59 Å². The Balaban J connectivity index is 3.31. The molecule has 58 valence electrons. The second kappa shape index (κ2) is 5.42. The van der Waals surface area contributed by atoms with Crippen molar-refractivity contribution in [2.75, 3.05) is 5.88 Å². The van der Waals surface area contributed by atoms with Crippen molar-refractivity contribution >= 4 is 23.2 Å². The van der Waals surface area contributed by atoms with E-state index in [2.05, 4.69) is 0 Å². The molecule has 10 heavy (non-hydrogen) atoms. The first kappa shape index (κ1) is 9.63. The van der Waals surface area contributed by atoms with Crippen LogP contribution in [0.1, 0.15) is 26.2 Å². The van der Waals surface area contributed by atoms with Crippen LogP contribution in [0.4, 0.5) is 0 Å². The van der Waals surface area contributed by atoms with Crippen LogP contribution in [-0.4, -0.2) is 17.4 Å². The molecule has 0 bridgehead atoms. The molecule has 0 aromatic carbocycles. The molecule has 0 aliphatic carbocycles. The van der Waals surface area contributed by atoms with Gasteiger partial charge in [0.2, 0.25) is 0 Å². The summed E-state index contributed by atoms with van der Waals surface area (Å²) in [6.45, 7) is 1.29. The molecule has 0 rings (SSSR count). The van der Waals surface area contributed by atoms with Gasteiger partial charge in [-0.05, 0) is 12.8 Å². The van der Waals surface area contributed by atoms with Gasteiger partial charge in [0.15, 0.2) is 11.6 Å². The molecule has 0 saturated heterocycles. The zero-order valence-electron chi connectivity index (χ0n) is 6.02. The van der Waals surface area contributed by atoms with Gasteiger partial charge in [-0.2, -0.15) is 0 Å². The largest absolute Gasteiger partial charge is 0.291 e. The highest BCUT2D eigenvalue weighted by Gasteiger charge is 2.05. The molecule has 0 aromatic rings. The Hall–Kier alpha value is -0.370. The number of unbranched alkanes of at least 4 members (excludes halogenated alkanes) is 1. The monoisotopic (exact) mass is 162 g/mol. The molecule has 0 aliphatic rings. The Morgan fingerprint density at radius 2 is 1.90 bits per heavy atom. The highest BCUT2D eigenvalue weighted by Crippen LogP contribution is 1.98. The Morgan fingerprint density at radius 1 is 1.30 bits per heavy atom. The summed E-state index contributed by atoms with van der Waals surface area (Å²) in [5.74, 6) is -0.0785. The van der Waals surface area contributed by atoms with E-state index in [9.17, 15) is 9.59 Å². The zero-order valence-corrected chi connectivity index (χ0v) is 6.78. The molecular weight excluding hydrogens is 152 g/mol. The molecule has 0 heterocycles. The molecule has 0 N–H and O–H groups in total. The maximum absolute atomic E-state index is 10.6. The fourth-order valence-electron chi connectivity index (χ4n) is 0.556. The molecule has 0 spiro atoms. The van der Waals surface area contributed by atoms with Crippen LogP contribution in [0.5, 0.6) is 0 Å². The van der Waals surface area contributed by atoms with E-state index >= 15 is 0 Å². The highest BCUT2D eigenvalue weighted by atomic mass is 35.5. The quantitative estimate of drug-likeness (QED) is 0.349. The molecule has 0 unspecified atom stereocenters. The Bertz CT molecular complexity index is 132. The summed E-state index contributed by atoms with van der Waals surface area (Å²) < 4.78 is 0. The van der Waals surface area contributed by atoms with Gasteiger partial charge in [0.1, 0.15) is 0 Å². The van der Waals surface area contributed by atoms with Crippen molar-refractivity contribution in [2.24, 2.45) is 0 Å². The smallest absolute Gasteiger partial charge is 0.198 e. The van der Waals surface area contributed by atoms with Crippen LogP contribution in [0.3, 0.4) is 0 Å². The van der Waals surface area contributed by atoms with E-state index in [0.29, 0.717) is 12.3 Å². The number of rotatable bonds is 5. The molecule has 0 aliphatic heterocycles. The first-order valence-corrected chi connectivity index (χ1v) is 3.81. The van der Waals surface area contributed by atoms with Gasteiger partial charge in [0, 0.05) is 19.2 Å². The van der Waals surface area contributed by atoms with Gasteiger partial charge in [-0.3, -0.25) is 9.59 Å². The van der Waals surface area contributed by atoms with E-state index in [1.165, 1.54) is 6.92 Å². The van der Waals surface area contributed by atoms with Crippen molar-refractivity contribution in [1.29, 1.82) is 0 Å². The minimum atomic E-state index is -0.352. The molecule has 0 saturated carbocycles. The predicted octanol–water partition coefficient (Wildman–Crippen LogP) is 1.55. The fourth-order valence-corrected chi connectivity index (χ4v) is 0.745. The lowest BCUT2D eigenvalue weighted by Crippen LogP contribution is -2.08. The molecular formula is C7H11ClO2. The number of carbonyl (C=O) groups excluding carboxylic acids is 2. The van der Waals surface area contributed by atoms with Gasteiger partial charge < -0.3 is 0 Å². The van der Waals surface area contributed by atoms with Crippen molar-refractivity contribution in [1.82, 2.24) is 0 Å². The zero-order chi connectivity index (χ0) is 7.98. The van der Waals surface area contributed by atoms with Crippen LogP contribution in [0.2, 0.25) is 0 Å². The Morgan fingerprint density at radius 3 is 2.30 bits per heavy atom. The minimum Gasteiger partial charge on any atom is -0.291 e. The molecule has 0 atom stereocenters. The Kier molecular flexibility index (Phi) is 5.22. The summed E-state index contributed by atoms with van der Waals surface area (Å²) in [5.41, 5.74) is 0. The van der Waals surface area contributed by atoms with E-state index < -0.39 is 0 Å². The average Bonchev–Trinajstić information content (AvgIpc) is 1.88. The summed E-state index contributed by atoms with van der Waals surface area (Å²) in [6, 6.07) is 0.